The summed E-state index contributed by atoms with van der Waals surface area (Å²) in [6, 6.07) is 3.31. The van der Waals surface area contributed by atoms with Crippen LogP contribution in [-0.4, -0.2) is 43.1 Å². The summed E-state index contributed by atoms with van der Waals surface area (Å²) in [7, 11) is 3.05. The molecule has 1 fully saturated rings. The highest BCUT2D eigenvalue weighted by atomic mass is 16.5. The number of carbonyl (C=O) groups excluding carboxylic acids is 1. The number of H-pyrrole nitrogens is 1. The van der Waals surface area contributed by atoms with Gasteiger partial charge in [0.25, 0.3) is 11.5 Å². The molecular weight excluding hydrogens is 296 g/mol. The number of ether oxygens (including phenoxy) is 2. The van der Waals surface area contributed by atoms with Crippen LogP contribution in [0.1, 0.15) is 29.6 Å². The maximum atomic E-state index is 12.8. The summed E-state index contributed by atoms with van der Waals surface area (Å²) in [5.41, 5.74) is 0.235. The van der Waals surface area contributed by atoms with E-state index in [4.69, 9.17) is 9.47 Å². The summed E-state index contributed by atoms with van der Waals surface area (Å²) in [5, 5.41) is 1.01. The highest BCUT2D eigenvalue weighted by Gasteiger charge is 2.22. The molecule has 1 amide bonds. The smallest absolute Gasteiger partial charge is 0.255 e. The maximum absolute atomic E-state index is 12.8. The summed E-state index contributed by atoms with van der Waals surface area (Å²) in [6.07, 6.45) is 4.68. The van der Waals surface area contributed by atoms with Crippen molar-refractivity contribution in [1.82, 2.24) is 9.88 Å². The lowest BCUT2D eigenvalue weighted by molar-refractivity contribution is 0.0726. The topological polar surface area (TPSA) is 71.6 Å². The number of benzene rings is 1. The van der Waals surface area contributed by atoms with E-state index in [0.717, 1.165) is 32.4 Å². The first kappa shape index (κ1) is 15.4. The van der Waals surface area contributed by atoms with Crippen LogP contribution in [0.2, 0.25) is 0 Å². The number of amides is 1. The van der Waals surface area contributed by atoms with Gasteiger partial charge in [0.1, 0.15) is 0 Å². The fourth-order valence-corrected chi connectivity index (χ4v) is 3.03. The molecule has 0 aliphatic carbocycles. The van der Waals surface area contributed by atoms with Crippen molar-refractivity contribution in [2.75, 3.05) is 27.3 Å². The van der Waals surface area contributed by atoms with Crippen LogP contribution in [0.4, 0.5) is 0 Å². The third kappa shape index (κ3) is 2.76. The van der Waals surface area contributed by atoms with E-state index in [1.165, 1.54) is 20.4 Å². The Hall–Kier alpha value is -2.50. The van der Waals surface area contributed by atoms with Gasteiger partial charge >= 0.3 is 0 Å². The second-order valence-corrected chi connectivity index (χ2v) is 5.64. The molecule has 1 aliphatic rings. The van der Waals surface area contributed by atoms with Gasteiger partial charge in [-0.1, -0.05) is 0 Å². The van der Waals surface area contributed by atoms with Gasteiger partial charge in [-0.2, -0.15) is 0 Å². The molecule has 1 aromatic heterocycles. The van der Waals surface area contributed by atoms with Crippen molar-refractivity contribution in [1.29, 1.82) is 0 Å². The van der Waals surface area contributed by atoms with Gasteiger partial charge in [-0.05, 0) is 31.4 Å². The first-order valence-electron chi connectivity index (χ1n) is 7.72. The minimum absolute atomic E-state index is 0.0573. The summed E-state index contributed by atoms with van der Waals surface area (Å²) in [5.74, 6) is 0.907. The van der Waals surface area contributed by atoms with Crippen LogP contribution in [0.3, 0.4) is 0 Å². The van der Waals surface area contributed by atoms with Crippen molar-refractivity contribution >= 4 is 16.7 Å². The number of piperidine rings is 1. The minimum atomic E-state index is -0.254. The molecule has 2 aromatic rings. The lowest BCUT2D eigenvalue weighted by Gasteiger charge is -2.27. The predicted molar refractivity (Wildman–Crippen MR) is 87.4 cm³/mol. The number of hydrogen-bond donors (Lipinski definition) is 1. The number of methoxy groups -OCH3 is 2. The maximum Gasteiger partial charge on any atom is 0.255 e. The number of nitrogens with one attached hydrogen (secondary N) is 1. The van der Waals surface area contributed by atoms with Gasteiger partial charge in [-0.3, -0.25) is 9.59 Å². The quantitative estimate of drug-likeness (QED) is 0.942. The molecule has 0 spiro atoms. The molecule has 0 saturated carbocycles. The number of hydrogen-bond acceptors (Lipinski definition) is 4. The van der Waals surface area contributed by atoms with Gasteiger partial charge in [-0.15, -0.1) is 0 Å². The molecule has 0 radical (unpaired) electrons. The third-order valence-corrected chi connectivity index (χ3v) is 4.28. The molecule has 0 unspecified atom stereocenters. The summed E-state index contributed by atoms with van der Waals surface area (Å²) >= 11 is 0. The standard InChI is InChI=1S/C17H20N2O4/c1-22-14-8-11-12(9-15(14)23-2)16(20)18-10-13(11)17(21)19-6-4-3-5-7-19/h8-10H,3-7H2,1-2H3,(H,18,20). The van der Waals surface area contributed by atoms with Crippen LogP contribution in [0.5, 0.6) is 11.5 Å². The van der Waals surface area contributed by atoms with Crippen LogP contribution in [-0.2, 0) is 0 Å². The molecule has 23 heavy (non-hydrogen) atoms. The monoisotopic (exact) mass is 316 g/mol. The first-order valence-corrected chi connectivity index (χ1v) is 7.72. The zero-order valence-corrected chi connectivity index (χ0v) is 13.3. The molecule has 0 bridgehead atoms. The molecule has 0 atom stereocenters. The number of aromatic nitrogens is 1. The van der Waals surface area contributed by atoms with Crippen LogP contribution in [0.15, 0.2) is 23.1 Å². The highest BCUT2D eigenvalue weighted by molar-refractivity contribution is 6.07. The largest absolute Gasteiger partial charge is 0.493 e. The van der Waals surface area contributed by atoms with Crippen LogP contribution >= 0.6 is 0 Å². The second kappa shape index (κ2) is 6.32. The van der Waals surface area contributed by atoms with Gasteiger partial charge < -0.3 is 19.4 Å². The van der Waals surface area contributed by atoms with Crippen molar-refractivity contribution in [3.63, 3.8) is 0 Å². The summed E-state index contributed by atoms with van der Waals surface area (Å²) in [4.78, 5) is 29.4. The van der Waals surface area contributed by atoms with E-state index in [9.17, 15) is 9.59 Å². The van der Waals surface area contributed by atoms with E-state index in [-0.39, 0.29) is 11.5 Å². The van der Waals surface area contributed by atoms with E-state index in [2.05, 4.69) is 4.98 Å². The molecule has 6 heteroatoms. The average Bonchev–Trinajstić information content (AvgIpc) is 2.61. The average molecular weight is 316 g/mol. The fourth-order valence-electron chi connectivity index (χ4n) is 3.03. The lowest BCUT2D eigenvalue weighted by Crippen LogP contribution is -2.36. The number of aromatic amines is 1. The SMILES string of the molecule is COc1cc2c(C(=O)N3CCCCC3)c[nH]c(=O)c2cc1OC. The number of nitrogens with zero attached hydrogens (tertiary/aromatic N) is 1. The molecule has 2 heterocycles. The van der Waals surface area contributed by atoms with Gasteiger partial charge in [0.05, 0.1) is 25.2 Å². The van der Waals surface area contributed by atoms with E-state index in [1.54, 1.807) is 12.1 Å². The summed E-state index contributed by atoms with van der Waals surface area (Å²) in [6.45, 7) is 1.51. The van der Waals surface area contributed by atoms with Gasteiger partial charge in [0.2, 0.25) is 0 Å². The fraction of sp³-hybridized carbons (Fsp3) is 0.412. The molecule has 1 aliphatic heterocycles. The Labute approximate surface area is 134 Å². The second-order valence-electron chi connectivity index (χ2n) is 5.64. The number of rotatable bonds is 3. The molecule has 1 saturated heterocycles. The van der Waals surface area contributed by atoms with E-state index < -0.39 is 0 Å². The molecule has 1 aromatic carbocycles. The minimum Gasteiger partial charge on any atom is -0.493 e. The normalized spacial score (nSPS) is 14.8. The van der Waals surface area contributed by atoms with Crippen molar-refractivity contribution in [3.8, 4) is 11.5 Å². The van der Waals surface area contributed by atoms with E-state index >= 15 is 0 Å². The number of carbonyl (C=O) groups is 1. The van der Waals surface area contributed by atoms with E-state index in [1.807, 2.05) is 4.90 Å². The zero-order valence-electron chi connectivity index (χ0n) is 13.3. The Morgan fingerprint density at radius 3 is 2.26 bits per heavy atom. The number of pyridine rings is 1. The Balaban J connectivity index is 2.15. The van der Waals surface area contributed by atoms with Gasteiger partial charge in [0, 0.05) is 24.7 Å². The van der Waals surface area contributed by atoms with Gasteiger partial charge in [0.15, 0.2) is 11.5 Å². The molecular formula is C17H20N2O4. The van der Waals surface area contributed by atoms with Crippen LogP contribution < -0.4 is 15.0 Å². The Kier molecular flexibility index (Phi) is 4.23. The van der Waals surface area contributed by atoms with Crippen molar-refractivity contribution in [2.24, 2.45) is 0 Å². The van der Waals surface area contributed by atoms with E-state index in [0.29, 0.717) is 27.8 Å². The Bertz CT molecular complexity index is 791. The van der Waals surface area contributed by atoms with Crippen LogP contribution in [0, 0.1) is 0 Å². The Morgan fingerprint density at radius 2 is 1.65 bits per heavy atom. The molecule has 1 N–H and O–H groups in total. The van der Waals surface area contributed by atoms with Crippen LogP contribution in [0.25, 0.3) is 10.8 Å². The highest BCUT2D eigenvalue weighted by Crippen LogP contribution is 2.32. The molecule has 122 valence electrons. The summed E-state index contributed by atoms with van der Waals surface area (Å²) < 4.78 is 10.5. The lowest BCUT2D eigenvalue weighted by atomic mass is 10.0. The van der Waals surface area contributed by atoms with Gasteiger partial charge in [-0.25, -0.2) is 0 Å². The zero-order chi connectivity index (χ0) is 16.4. The number of likely N-dealkylation sites (tertiary alicyclic amines) is 1. The first-order chi connectivity index (χ1) is 11.2. The Morgan fingerprint density at radius 1 is 1.04 bits per heavy atom. The third-order valence-electron chi connectivity index (χ3n) is 4.28. The van der Waals surface area contributed by atoms with Crippen molar-refractivity contribution < 1.29 is 14.3 Å². The van der Waals surface area contributed by atoms with Crippen molar-refractivity contribution in [3.05, 3.63) is 34.2 Å². The number of fused-ring (bicyclic) bond motifs is 1. The molecule has 6 nitrogen and oxygen atoms in total. The molecule has 3 rings (SSSR count). The van der Waals surface area contributed by atoms with Crippen molar-refractivity contribution in [2.45, 2.75) is 19.3 Å². The predicted octanol–water partition coefficient (Wildman–Crippen LogP) is 2.17.